The molecule has 2 aromatic carbocycles. The van der Waals surface area contributed by atoms with Gasteiger partial charge in [-0.1, -0.05) is 237 Å². The van der Waals surface area contributed by atoms with Crippen LogP contribution in [-0.2, 0) is 12.8 Å². The Morgan fingerprint density at radius 1 is 0.327 bits per heavy atom. The maximum absolute atomic E-state index is 6.38. The van der Waals surface area contributed by atoms with Crippen LogP contribution >= 0.6 is 0 Å². The largest absolute Gasteiger partial charge is 0.457 e. The monoisotopic (exact) mass is 675 g/mol. The molecule has 0 aromatic heterocycles. The van der Waals surface area contributed by atoms with Gasteiger partial charge in [0, 0.05) is 0 Å². The van der Waals surface area contributed by atoms with Crippen molar-refractivity contribution in [1.82, 2.24) is 0 Å². The summed E-state index contributed by atoms with van der Waals surface area (Å²) in [6, 6.07) is 17.6. The third-order valence-electron chi connectivity index (χ3n) is 10.7. The molecule has 0 radical (unpaired) electrons. The number of para-hydroxylation sites is 1. The van der Waals surface area contributed by atoms with E-state index in [1.54, 1.807) is 0 Å². The molecule has 1 heteroatoms. The molecule has 0 saturated carbocycles. The Bertz CT molecular complexity index is 946. The maximum atomic E-state index is 6.38. The van der Waals surface area contributed by atoms with Gasteiger partial charge in [-0.3, -0.25) is 0 Å². The van der Waals surface area contributed by atoms with Crippen molar-refractivity contribution >= 4 is 0 Å². The first-order chi connectivity index (χ1) is 24.3. The van der Waals surface area contributed by atoms with Crippen LogP contribution in [0.15, 0.2) is 48.5 Å². The first-order valence-electron chi connectivity index (χ1n) is 22.2. The second-order valence-corrected chi connectivity index (χ2v) is 15.5. The smallest absolute Gasteiger partial charge is 0.130 e. The van der Waals surface area contributed by atoms with Crippen molar-refractivity contribution in [2.75, 3.05) is 0 Å². The second-order valence-electron chi connectivity index (χ2n) is 15.5. The van der Waals surface area contributed by atoms with Gasteiger partial charge in [0.05, 0.1) is 0 Å². The molecule has 1 nitrogen and oxygen atoms in total. The third kappa shape index (κ3) is 25.8. The van der Waals surface area contributed by atoms with E-state index in [2.05, 4.69) is 62.4 Å². The molecule has 0 amide bonds. The number of unbranched alkanes of at least 4 members (excludes halogenated alkanes) is 30. The van der Waals surface area contributed by atoms with Crippen LogP contribution in [0.2, 0.25) is 0 Å². The summed E-state index contributed by atoms with van der Waals surface area (Å²) in [5.74, 6) is 2.00. The van der Waals surface area contributed by atoms with Crippen LogP contribution in [0.3, 0.4) is 0 Å². The normalized spacial score (nSPS) is 11.4. The number of rotatable bonds is 36. The fourth-order valence-electron chi connectivity index (χ4n) is 7.40. The van der Waals surface area contributed by atoms with Gasteiger partial charge >= 0.3 is 0 Å². The summed E-state index contributed by atoms with van der Waals surface area (Å²) in [5, 5.41) is 0. The molecular weight excluding hydrogens is 593 g/mol. The van der Waals surface area contributed by atoms with Gasteiger partial charge in [0.15, 0.2) is 0 Å². The molecule has 0 aliphatic rings. The van der Waals surface area contributed by atoms with E-state index in [0.29, 0.717) is 0 Å². The van der Waals surface area contributed by atoms with Crippen LogP contribution in [-0.4, -0.2) is 0 Å². The highest BCUT2D eigenvalue weighted by atomic mass is 16.5. The lowest BCUT2D eigenvalue weighted by atomic mass is 10.0. The van der Waals surface area contributed by atoms with E-state index in [4.69, 9.17) is 4.74 Å². The van der Waals surface area contributed by atoms with E-state index in [9.17, 15) is 0 Å². The lowest BCUT2D eigenvalue weighted by molar-refractivity contribution is 0.473. The highest BCUT2D eigenvalue weighted by Gasteiger charge is 2.06. The SMILES string of the molecule is CCCCCCCCCCCCCCCCCCc1ccc(Oc2ccccc2CCCCCCCCCCCCCCCCCC)cc1. The first kappa shape index (κ1) is 43.4. The van der Waals surface area contributed by atoms with E-state index in [0.717, 1.165) is 17.9 Å². The minimum atomic E-state index is 0.968. The van der Waals surface area contributed by atoms with E-state index in [1.807, 2.05) is 0 Å². The molecule has 0 spiro atoms. The van der Waals surface area contributed by atoms with E-state index in [-0.39, 0.29) is 0 Å². The van der Waals surface area contributed by atoms with Crippen LogP contribution in [0, 0.1) is 0 Å². The van der Waals surface area contributed by atoms with E-state index >= 15 is 0 Å². The molecule has 2 aromatic rings. The Hall–Kier alpha value is -1.76. The lowest BCUT2D eigenvalue weighted by Crippen LogP contribution is -1.93. The predicted octanol–water partition coefficient (Wildman–Crippen LogP) is 17.1. The molecule has 0 N–H and O–H groups in total. The van der Waals surface area contributed by atoms with Crippen molar-refractivity contribution in [3.05, 3.63) is 59.7 Å². The minimum absolute atomic E-state index is 0.968. The van der Waals surface area contributed by atoms with Crippen LogP contribution in [0.5, 0.6) is 11.5 Å². The Morgan fingerprint density at radius 2 is 0.653 bits per heavy atom. The molecule has 0 bridgehead atoms. The molecule has 49 heavy (non-hydrogen) atoms. The Kier molecular flexibility index (Phi) is 29.6. The van der Waals surface area contributed by atoms with Crippen molar-refractivity contribution in [3.63, 3.8) is 0 Å². The number of ether oxygens (including phenoxy) is 1. The molecular formula is C48H82O. The number of benzene rings is 2. The molecule has 0 saturated heterocycles. The van der Waals surface area contributed by atoms with Crippen molar-refractivity contribution in [2.24, 2.45) is 0 Å². The summed E-state index contributed by atoms with van der Waals surface area (Å²) in [5.41, 5.74) is 2.80. The van der Waals surface area contributed by atoms with Gasteiger partial charge in [0.25, 0.3) is 0 Å². The summed E-state index contributed by atoms with van der Waals surface area (Å²) >= 11 is 0. The molecule has 2 rings (SSSR count). The van der Waals surface area contributed by atoms with Gasteiger partial charge in [0.1, 0.15) is 11.5 Å². The molecule has 0 heterocycles. The number of hydrogen-bond acceptors (Lipinski definition) is 1. The summed E-state index contributed by atoms with van der Waals surface area (Å²) in [6.45, 7) is 4.61. The van der Waals surface area contributed by atoms with Crippen LogP contribution in [0.25, 0.3) is 0 Å². The van der Waals surface area contributed by atoms with Crippen LogP contribution in [0.4, 0.5) is 0 Å². The van der Waals surface area contributed by atoms with Gasteiger partial charge in [0.2, 0.25) is 0 Å². The Morgan fingerprint density at radius 3 is 1.04 bits per heavy atom. The minimum Gasteiger partial charge on any atom is -0.457 e. The van der Waals surface area contributed by atoms with Gasteiger partial charge in [-0.2, -0.15) is 0 Å². The first-order valence-corrected chi connectivity index (χ1v) is 22.2. The number of aryl methyl sites for hydroxylation is 2. The average molecular weight is 675 g/mol. The van der Waals surface area contributed by atoms with Crippen molar-refractivity contribution < 1.29 is 4.74 Å². The topological polar surface area (TPSA) is 9.23 Å². The predicted molar refractivity (Wildman–Crippen MR) is 219 cm³/mol. The zero-order chi connectivity index (χ0) is 34.7. The van der Waals surface area contributed by atoms with Gasteiger partial charge in [-0.25, -0.2) is 0 Å². The zero-order valence-electron chi connectivity index (χ0n) is 33.1. The Labute approximate surface area is 307 Å². The molecule has 280 valence electrons. The third-order valence-corrected chi connectivity index (χ3v) is 10.7. The second kappa shape index (κ2) is 33.4. The molecule has 0 fully saturated rings. The van der Waals surface area contributed by atoms with E-state index < -0.39 is 0 Å². The molecule has 0 unspecified atom stereocenters. The molecule has 0 atom stereocenters. The standard InChI is InChI=1S/C48H82O/c1-3-5-7-9-11-13-15-17-19-21-23-25-27-29-31-33-37-45-41-43-47(44-42-45)49-48-40-36-35-39-46(48)38-34-32-30-28-26-24-22-20-18-16-14-12-10-8-6-4-2/h35-36,39-44H,3-34,37-38H2,1-2H3. The quantitative estimate of drug-likeness (QED) is 0.0654. The van der Waals surface area contributed by atoms with Crippen molar-refractivity contribution in [1.29, 1.82) is 0 Å². The Balaban J connectivity index is 1.44. The summed E-state index contributed by atoms with van der Waals surface area (Å²) < 4.78 is 6.38. The van der Waals surface area contributed by atoms with Crippen LogP contribution < -0.4 is 4.74 Å². The van der Waals surface area contributed by atoms with Gasteiger partial charge < -0.3 is 4.74 Å². The zero-order valence-corrected chi connectivity index (χ0v) is 33.1. The number of hydrogen-bond donors (Lipinski definition) is 0. The maximum Gasteiger partial charge on any atom is 0.130 e. The summed E-state index contributed by atoms with van der Waals surface area (Å²) in [7, 11) is 0. The van der Waals surface area contributed by atoms with Crippen molar-refractivity contribution in [3.8, 4) is 11.5 Å². The van der Waals surface area contributed by atoms with Gasteiger partial charge in [-0.05, 0) is 55.0 Å². The highest BCUT2D eigenvalue weighted by Crippen LogP contribution is 2.27. The summed E-state index contributed by atoms with van der Waals surface area (Å²) in [6.07, 6.45) is 47.8. The van der Waals surface area contributed by atoms with Crippen LogP contribution in [0.1, 0.15) is 230 Å². The fraction of sp³-hybridized carbons (Fsp3) is 0.750. The van der Waals surface area contributed by atoms with Crippen molar-refractivity contribution in [2.45, 2.75) is 232 Å². The summed E-state index contributed by atoms with van der Waals surface area (Å²) in [4.78, 5) is 0. The highest BCUT2D eigenvalue weighted by molar-refractivity contribution is 5.38. The van der Waals surface area contributed by atoms with E-state index in [1.165, 1.54) is 223 Å². The fourth-order valence-corrected chi connectivity index (χ4v) is 7.40. The molecule has 0 aliphatic heterocycles. The molecule has 0 aliphatic carbocycles. The van der Waals surface area contributed by atoms with Gasteiger partial charge in [-0.15, -0.1) is 0 Å². The lowest BCUT2D eigenvalue weighted by Gasteiger charge is -2.12. The average Bonchev–Trinajstić information content (AvgIpc) is 3.12.